The fraction of sp³-hybridized carbons (Fsp3) is 0.565. The van der Waals surface area contributed by atoms with Crippen LogP contribution in [0.1, 0.15) is 56.7 Å². The van der Waals surface area contributed by atoms with Gasteiger partial charge in [0.2, 0.25) is 0 Å². The fourth-order valence-electron chi connectivity index (χ4n) is 4.36. The summed E-state index contributed by atoms with van der Waals surface area (Å²) in [5.41, 5.74) is 1.86. The van der Waals surface area contributed by atoms with E-state index in [0.29, 0.717) is 0 Å². The largest absolute Gasteiger partial charge is 0.462 e. The summed E-state index contributed by atoms with van der Waals surface area (Å²) in [7, 11) is 0. The molecule has 4 nitrogen and oxygen atoms in total. The number of aryl methyl sites for hydroxylation is 2. The van der Waals surface area contributed by atoms with Crippen LogP contribution in [0, 0.1) is 17.5 Å². The maximum absolute atomic E-state index is 13.4. The first kappa shape index (κ1) is 21.9. The number of hydrogen-bond acceptors (Lipinski definition) is 5. The first-order valence-corrected chi connectivity index (χ1v) is 11.0. The Labute approximate surface area is 177 Å². The molecule has 1 aliphatic rings. The van der Waals surface area contributed by atoms with Gasteiger partial charge in [0, 0.05) is 41.2 Å². The highest BCUT2D eigenvalue weighted by atomic mass is 32.1. The number of rotatable bonds is 7. The van der Waals surface area contributed by atoms with Gasteiger partial charge >= 0.3 is 5.97 Å². The second kappa shape index (κ2) is 8.52. The van der Waals surface area contributed by atoms with E-state index in [4.69, 9.17) is 4.74 Å². The number of ether oxygens (including phenoxy) is 1. The van der Waals surface area contributed by atoms with Gasteiger partial charge in [-0.05, 0) is 77.3 Å². The lowest BCUT2D eigenvalue weighted by Crippen LogP contribution is -2.44. The Hall–Kier alpha value is -1.79. The number of carbonyl (C=O) groups is 1. The van der Waals surface area contributed by atoms with Crippen LogP contribution in [0.4, 0.5) is 4.39 Å². The Balaban J connectivity index is 1.81. The summed E-state index contributed by atoms with van der Waals surface area (Å²) in [5.74, 6) is -0.250. The number of aromatic nitrogens is 1. The number of hydrogen-bond donors (Lipinski definition) is 0. The van der Waals surface area contributed by atoms with E-state index in [9.17, 15) is 9.18 Å². The smallest absolute Gasteiger partial charge is 0.302 e. The van der Waals surface area contributed by atoms with Gasteiger partial charge in [-0.2, -0.15) is 4.39 Å². The van der Waals surface area contributed by atoms with Crippen LogP contribution in [0.3, 0.4) is 0 Å². The maximum atomic E-state index is 13.4. The molecule has 1 aliphatic heterocycles. The predicted octanol–water partition coefficient (Wildman–Crippen LogP) is 5.10. The van der Waals surface area contributed by atoms with Crippen molar-refractivity contribution in [2.24, 2.45) is 5.41 Å². The SMILES string of the molecule is CC(=O)O[C@@H](C)C1(CCc2ccc(F)s2)CCN(C(C)(C)c2ccc(C)nc2)C1. The summed E-state index contributed by atoms with van der Waals surface area (Å²) in [6.45, 7) is 11.7. The molecule has 158 valence electrons. The van der Waals surface area contributed by atoms with Gasteiger partial charge < -0.3 is 4.74 Å². The molecule has 29 heavy (non-hydrogen) atoms. The Kier molecular flexibility index (Phi) is 6.44. The molecular formula is C23H31FN2O2S. The summed E-state index contributed by atoms with van der Waals surface area (Å²) in [5, 5.41) is -0.150. The second-order valence-electron chi connectivity index (χ2n) is 8.74. The van der Waals surface area contributed by atoms with E-state index in [2.05, 4.69) is 29.8 Å². The summed E-state index contributed by atoms with van der Waals surface area (Å²) < 4.78 is 19.1. The van der Waals surface area contributed by atoms with Crippen LogP contribution in [0.15, 0.2) is 30.5 Å². The van der Waals surface area contributed by atoms with Crippen molar-refractivity contribution in [2.45, 2.75) is 65.5 Å². The number of pyridine rings is 1. The average molecular weight is 419 g/mol. The van der Waals surface area contributed by atoms with Crippen molar-refractivity contribution in [3.8, 4) is 0 Å². The molecule has 6 heteroatoms. The van der Waals surface area contributed by atoms with Gasteiger partial charge in [-0.3, -0.25) is 14.7 Å². The molecule has 0 bridgehead atoms. The van der Waals surface area contributed by atoms with E-state index in [-0.39, 0.29) is 28.2 Å². The van der Waals surface area contributed by atoms with Crippen LogP contribution in [0.25, 0.3) is 0 Å². The first-order chi connectivity index (χ1) is 13.6. The number of halogens is 1. The number of nitrogens with zero attached hydrogens (tertiary/aromatic N) is 2. The number of likely N-dealkylation sites (tertiary alicyclic amines) is 1. The third kappa shape index (κ3) is 4.86. The van der Waals surface area contributed by atoms with Crippen LogP contribution >= 0.6 is 11.3 Å². The number of carbonyl (C=O) groups excluding carboxylic acids is 1. The molecule has 2 aromatic heterocycles. The predicted molar refractivity (Wildman–Crippen MR) is 114 cm³/mol. The molecule has 0 aromatic carbocycles. The highest BCUT2D eigenvalue weighted by molar-refractivity contribution is 7.10. The van der Waals surface area contributed by atoms with Gasteiger partial charge in [0.1, 0.15) is 6.10 Å². The minimum Gasteiger partial charge on any atom is -0.462 e. The van der Waals surface area contributed by atoms with E-state index < -0.39 is 0 Å². The van der Waals surface area contributed by atoms with E-state index in [0.717, 1.165) is 42.9 Å². The van der Waals surface area contributed by atoms with E-state index in [1.54, 1.807) is 0 Å². The lowest BCUT2D eigenvalue weighted by atomic mass is 9.77. The molecule has 2 aromatic rings. The Morgan fingerprint density at radius 1 is 1.38 bits per heavy atom. The zero-order chi connectivity index (χ0) is 21.2. The topological polar surface area (TPSA) is 42.4 Å². The van der Waals surface area contributed by atoms with E-state index in [1.165, 1.54) is 29.9 Å². The molecule has 0 aliphatic carbocycles. The standard InChI is InChI=1S/C23H31FN2O2S/c1-16-6-7-19(14-25-16)22(4,5)26-13-12-23(15-26,17(2)28-18(3)27)11-10-20-8-9-21(24)29-20/h6-9,14,17H,10-13,15H2,1-5H3/t17-,23?/m0/s1. The third-order valence-electron chi connectivity index (χ3n) is 6.50. The summed E-state index contributed by atoms with van der Waals surface area (Å²) in [4.78, 5) is 19.7. The fourth-order valence-corrected chi connectivity index (χ4v) is 5.08. The van der Waals surface area contributed by atoms with Gasteiger partial charge in [-0.1, -0.05) is 6.07 Å². The van der Waals surface area contributed by atoms with Gasteiger partial charge in [-0.25, -0.2) is 0 Å². The lowest BCUT2D eigenvalue weighted by molar-refractivity contribution is -0.152. The van der Waals surface area contributed by atoms with Crippen molar-refractivity contribution >= 4 is 17.3 Å². The number of thiophene rings is 1. The van der Waals surface area contributed by atoms with Gasteiger partial charge in [0.05, 0.1) is 0 Å². The quantitative estimate of drug-likeness (QED) is 0.587. The zero-order valence-corrected chi connectivity index (χ0v) is 18.8. The lowest BCUT2D eigenvalue weighted by Gasteiger charge is -2.40. The molecule has 0 amide bonds. The van der Waals surface area contributed by atoms with E-state index >= 15 is 0 Å². The number of esters is 1. The minimum absolute atomic E-state index is 0.150. The maximum Gasteiger partial charge on any atom is 0.302 e. The summed E-state index contributed by atoms with van der Waals surface area (Å²) in [6, 6.07) is 7.58. The molecule has 3 heterocycles. The third-order valence-corrected chi connectivity index (χ3v) is 7.43. The normalized spacial score (nSPS) is 21.3. The van der Waals surface area contributed by atoms with Crippen LogP contribution in [-0.4, -0.2) is 35.0 Å². The molecule has 2 atom stereocenters. The molecule has 0 radical (unpaired) electrons. The summed E-state index contributed by atoms with van der Waals surface area (Å²) >= 11 is 1.20. The Morgan fingerprint density at radius 3 is 2.72 bits per heavy atom. The molecule has 3 rings (SSSR count). The minimum atomic E-state index is -0.250. The van der Waals surface area contributed by atoms with Gasteiger partial charge in [-0.15, -0.1) is 11.3 Å². The van der Waals surface area contributed by atoms with Crippen molar-refractivity contribution in [2.75, 3.05) is 13.1 Å². The van der Waals surface area contributed by atoms with Crippen molar-refractivity contribution in [1.82, 2.24) is 9.88 Å². The van der Waals surface area contributed by atoms with Gasteiger partial charge in [0.25, 0.3) is 0 Å². The van der Waals surface area contributed by atoms with Gasteiger partial charge in [0.15, 0.2) is 5.13 Å². The monoisotopic (exact) mass is 418 g/mol. The van der Waals surface area contributed by atoms with Crippen molar-refractivity contribution in [3.63, 3.8) is 0 Å². The highest BCUT2D eigenvalue weighted by Gasteiger charge is 2.47. The van der Waals surface area contributed by atoms with Crippen molar-refractivity contribution in [1.29, 1.82) is 0 Å². The second-order valence-corrected chi connectivity index (χ2v) is 9.86. The van der Waals surface area contributed by atoms with E-state index in [1.807, 2.05) is 32.2 Å². The molecule has 1 unspecified atom stereocenters. The Bertz CT molecular complexity index is 849. The van der Waals surface area contributed by atoms with Crippen molar-refractivity contribution in [3.05, 3.63) is 51.7 Å². The zero-order valence-electron chi connectivity index (χ0n) is 18.0. The molecule has 0 N–H and O–H groups in total. The Morgan fingerprint density at radius 2 is 2.14 bits per heavy atom. The highest BCUT2D eigenvalue weighted by Crippen LogP contribution is 2.44. The molecule has 1 fully saturated rings. The van der Waals surface area contributed by atoms with Crippen LogP contribution in [0.2, 0.25) is 0 Å². The van der Waals surface area contributed by atoms with Crippen molar-refractivity contribution < 1.29 is 13.9 Å². The molecule has 0 saturated carbocycles. The first-order valence-electron chi connectivity index (χ1n) is 10.2. The molecular weight excluding hydrogens is 387 g/mol. The summed E-state index contributed by atoms with van der Waals surface area (Å²) in [6.07, 6.45) is 4.36. The van der Waals surface area contributed by atoms with Crippen LogP contribution < -0.4 is 0 Å². The van der Waals surface area contributed by atoms with Crippen LogP contribution in [0.5, 0.6) is 0 Å². The molecule has 1 saturated heterocycles. The molecule has 0 spiro atoms. The average Bonchev–Trinajstić information content (AvgIpc) is 3.27. The van der Waals surface area contributed by atoms with Crippen LogP contribution in [-0.2, 0) is 21.5 Å².